The summed E-state index contributed by atoms with van der Waals surface area (Å²) in [6.45, 7) is -2.91. The number of rotatable bonds is 4. The number of hydrogen-bond acceptors (Lipinski definition) is 2. The summed E-state index contributed by atoms with van der Waals surface area (Å²) in [5, 5.41) is 5.66. The van der Waals surface area contributed by atoms with Gasteiger partial charge in [0, 0.05) is 22.8 Å². The molecule has 0 spiro atoms. The Balaban J connectivity index is 1.67. The fraction of sp³-hybridized carbons (Fsp3) is 0.0625. The molecule has 5 nitrogen and oxygen atoms in total. The van der Waals surface area contributed by atoms with Crippen molar-refractivity contribution in [2.75, 3.05) is 10.6 Å². The third-order valence-electron chi connectivity index (χ3n) is 3.23. The molecule has 0 radical (unpaired) electrons. The molecule has 0 saturated carbocycles. The van der Waals surface area contributed by atoms with Crippen molar-refractivity contribution in [1.29, 1.82) is 0 Å². The van der Waals surface area contributed by atoms with E-state index < -0.39 is 18.5 Å². The molecule has 0 bridgehead atoms. The second kappa shape index (κ2) is 6.53. The number of urea groups is 1. The largest absolute Gasteiger partial charge is 0.435 e. The van der Waals surface area contributed by atoms with Gasteiger partial charge in [0.25, 0.3) is 0 Å². The average molecular weight is 335 g/mol. The Kier molecular flexibility index (Phi) is 4.28. The van der Waals surface area contributed by atoms with Gasteiger partial charge in [-0.2, -0.15) is 8.78 Å². The fourth-order valence-corrected chi connectivity index (χ4v) is 2.20. The minimum absolute atomic E-state index is 0.0111. The van der Waals surface area contributed by atoms with Crippen LogP contribution in [0, 0.1) is 5.82 Å². The zero-order valence-electron chi connectivity index (χ0n) is 12.1. The lowest BCUT2D eigenvalue weighted by molar-refractivity contribution is -0.0498. The van der Waals surface area contributed by atoms with Crippen LogP contribution in [0.5, 0.6) is 5.75 Å². The Morgan fingerprint density at radius 2 is 1.83 bits per heavy atom. The number of aromatic amines is 1. The third kappa shape index (κ3) is 3.60. The Bertz CT molecular complexity index is 863. The van der Waals surface area contributed by atoms with E-state index in [4.69, 9.17) is 0 Å². The number of benzene rings is 2. The van der Waals surface area contributed by atoms with E-state index in [0.717, 1.165) is 0 Å². The molecule has 124 valence electrons. The number of ether oxygens (including phenoxy) is 1. The molecule has 1 heterocycles. The van der Waals surface area contributed by atoms with Gasteiger partial charge in [0.05, 0.1) is 5.69 Å². The molecular formula is C16H12F3N3O2. The second-order valence-corrected chi connectivity index (χ2v) is 4.87. The number of carbonyl (C=O) groups is 1. The lowest BCUT2D eigenvalue weighted by Crippen LogP contribution is -2.19. The van der Waals surface area contributed by atoms with E-state index in [-0.39, 0.29) is 5.75 Å². The molecule has 0 atom stereocenters. The number of aromatic nitrogens is 1. The minimum Gasteiger partial charge on any atom is -0.435 e. The van der Waals surface area contributed by atoms with Crippen molar-refractivity contribution in [3.8, 4) is 5.75 Å². The highest BCUT2D eigenvalue weighted by Crippen LogP contribution is 2.24. The molecule has 2 amide bonds. The first kappa shape index (κ1) is 15.7. The number of anilines is 2. The molecule has 1 aromatic heterocycles. The molecule has 0 aliphatic carbocycles. The number of H-pyrrole nitrogens is 1. The van der Waals surface area contributed by atoms with Crippen molar-refractivity contribution in [2.24, 2.45) is 0 Å². The lowest BCUT2D eigenvalue weighted by atomic mass is 10.2. The van der Waals surface area contributed by atoms with E-state index in [0.29, 0.717) is 22.3 Å². The highest BCUT2D eigenvalue weighted by atomic mass is 19.3. The van der Waals surface area contributed by atoms with Crippen LogP contribution in [0.4, 0.5) is 29.3 Å². The van der Waals surface area contributed by atoms with Crippen molar-refractivity contribution in [1.82, 2.24) is 4.98 Å². The summed E-state index contributed by atoms with van der Waals surface area (Å²) in [5.41, 5.74) is 1.49. The summed E-state index contributed by atoms with van der Waals surface area (Å²) in [6.07, 6.45) is 1.54. The van der Waals surface area contributed by atoms with Crippen LogP contribution in [0.2, 0.25) is 0 Å². The van der Waals surface area contributed by atoms with Gasteiger partial charge in [-0.05, 0) is 42.5 Å². The summed E-state index contributed by atoms with van der Waals surface area (Å²) >= 11 is 0. The second-order valence-electron chi connectivity index (χ2n) is 4.87. The summed E-state index contributed by atoms with van der Waals surface area (Å²) in [5.74, 6) is -0.428. The third-order valence-corrected chi connectivity index (χ3v) is 3.23. The highest BCUT2D eigenvalue weighted by Gasteiger charge is 2.09. The number of fused-ring (bicyclic) bond motifs is 1. The monoisotopic (exact) mass is 335 g/mol. The molecular weight excluding hydrogens is 323 g/mol. The quantitative estimate of drug-likeness (QED) is 0.655. The Morgan fingerprint density at radius 3 is 2.54 bits per heavy atom. The topological polar surface area (TPSA) is 66.2 Å². The zero-order valence-corrected chi connectivity index (χ0v) is 12.1. The summed E-state index contributed by atoms with van der Waals surface area (Å²) in [4.78, 5) is 14.9. The maximum Gasteiger partial charge on any atom is 0.387 e. The molecule has 3 rings (SSSR count). The summed E-state index contributed by atoms with van der Waals surface area (Å²) in [6, 6.07) is 9.09. The van der Waals surface area contributed by atoms with E-state index >= 15 is 0 Å². The molecule has 0 saturated heterocycles. The van der Waals surface area contributed by atoms with Crippen LogP contribution < -0.4 is 15.4 Å². The SMILES string of the molecule is O=C(Nc1ccc(OC(F)F)cc1)Nc1c[nH]c2ccc(F)cc12. The minimum atomic E-state index is -2.91. The molecule has 0 fully saturated rings. The van der Waals surface area contributed by atoms with Crippen molar-refractivity contribution in [3.05, 3.63) is 54.5 Å². The van der Waals surface area contributed by atoms with E-state index in [1.165, 1.54) is 36.4 Å². The number of amides is 2. The summed E-state index contributed by atoms with van der Waals surface area (Å²) in [7, 11) is 0. The van der Waals surface area contributed by atoms with Crippen LogP contribution in [0.25, 0.3) is 10.9 Å². The van der Waals surface area contributed by atoms with E-state index in [1.807, 2.05) is 0 Å². The molecule has 8 heteroatoms. The number of nitrogens with one attached hydrogen (secondary N) is 3. The lowest BCUT2D eigenvalue weighted by Gasteiger charge is -2.08. The highest BCUT2D eigenvalue weighted by molar-refractivity contribution is 6.05. The van der Waals surface area contributed by atoms with Crippen molar-refractivity contribution >= 4 is 28.3 Å². The van der Waals surface area contributed by atoms with Gasteiger partial charge >= 0.3 is 12.6 Å². The predicted molar refractivity (Wildman–Crippen MR) is 84.0 cm³/mol. The first-order valence-corrected chi connectivity index (χ1v) is 6.91. The van der Waals surface area contributed by atoms with Gasteiger partial charge in [-0.15, -0.1) is 0 Å². The average Bonchev–Trinajstić information content (AvgIpc) is 2.91. The van der Waals surface area contributed by atoms with Crippen molar-refractivity contribution < 1.29 is 22.7 Å². The number of alkyl halides is 2. The van der Waals surface area contributed by atoms with Gasteiger partial charge in [0.15, 0.2) is 0 Å². The van der Waals surface area contributed by atoms with Gasteiger partial charge < -0.3 is 20.4 Å². The van der Waals surface area contributed by atoms with Crippen LogP contribution in [0.1, 0.15) is 0 Å². The Labute approximate surface area is 134 Å². The molecule has 3 aromatic rings. The van der Waals surface area contributed by atoms with Gasteiger partial charge in [-0.1, -0.05) is 0 Å². The molecule has 0 unspecified atom stereocenters. The van der Waals surface area contributed by atoms with E-state index in [2.05, 4.69) is 20.4 Å². The van der Waals surface area contributed by atoms with Crippen molar-refractivity contribution in [2.45, 2.75) is 6.61 Å². The van der Waals surface area contributed by atoms with Crippen LogP contribution >= 0.6 is 0 Å². The Hall–Kier alpha value is -3.16. The Morgan fingerprint density at radius 1 is 1.08 bits per heavy atom. The first-order valence-electron chi connectivity index (χ1n) is 6.91. The van der Waals surface area contributed by atoms with E-state index in [9.17, 15) is 18.0 Å². The van der Waals surface area contributed by atoms with Crippen LogP contribution in [0.15, 0.2) is 48.7 Å². The van der Waals surface area contributed by atoms with Gasteiger partial charge in [0.1, 0.15) is 11.6 Å². The summed E-state index contributed by atoms with van der Waals surface area (Å²) < 4.78 is 41.7. The fourth-order valence-electron chi connectivity index (χ4n) is 2.20. The molecule has 24 heavy (non-hydrogen) atoms. The van der Waals surface area contributed by atoms with E-state index in [1.54, 1.807) is 12.3 Å². The van der Waals surface area contributed by atoms with Gasteiger partial charge in [0.2, 0.25) is 0 Å². The van der Waals surface area contributed by atoms with Crippen LogP contribution in [0.3, 0.4) is 0 Å². The maximum absolute atomic E-state index is 13.3. The molecule has 2 aromatic carbocycles. The van der Waals surface area contributed by atoms with Crippen LogP contribution in [-0.4, -0.2) is 17.6 Å². The zero-order chi connectivity index (χ0) is 17.1. The maximum atomic E-state index is 13.3. The van der Waals surface area contributed by atoms with Gasteiger partial charge in [-0.25, -0.2) is 9.18 Å². The number of carbonyl (C=O) groups excluding carboxylic acids is 1. The predicted octanol–water partition coefficient (Wildman–Crippen LogP) is 4.55. The number of halogens is 3. The molecule has 3 N–H and O–H groups in total. The molecule has 0 aliphatic rings. The normalized spacial score (nSPS) is 10.8. The van der Waals surface area contributed by atoms with Crippen molar-refractivity contribution in [3.63, 3.8) is 0 Å². The van der Waals surface area contributed by atoms with Crippen LogP contribution in [-0.2, 0) is 0 Å². The molecule has 0 aliphatic heterocycles. The first-order chi connectivity index (χ1) is 11.5. The number of hydrogen-bond donors (Lipinski definition) is 3. The van der Waals surface area contributed by atoms with Gasteiger partial charge in [-0.3, -0.25) is 0 Å². The smallest absolute Gasteiger partial charge is 0.387 e. The standard InChI is InChI=1S/C16H12F3N3O2/c17-9-1-6-13-12(7-9)14(8-20-13)22-16(23)21-10-2-4-11(5-3-10)24-15(18)19/h1-8,15,20H,(H2,21,22,23).